The van der Waals surface area contributed by atoms with E-state index in [4.69, 9.17) is 16.3 Å². The van der Waals surface area contributed by atoms with Gasteiger partial charge in [0.25, 0.3) is 11.8 Å². The van der Waals surface area contributed by atoms with Crippen LogP contribution in [0.15, 0.2) is 77.9 Å². The van der Waals surface area contributed by atoms with Crippen LogP contribution in [-0.4, -0.2) is 45.9 Å². The summed E-state index contributed by atoms with van der Waals surface area (Å²) >= 11 is 5.94. The molecule has 2 N–H and O–H groups in total. The average molecular weight is 597 g/mol. The number of anilines is 1. The first kappa shape index (κ1) is 30.4. The molecule has 212 valence electrons. The van der Waals surface area contributed by atoms with Gasteiger partial charge in [-0.3, -0.25) is 13.9 Å². The van der Waals surface area contributed by atoms with Gasteiger partial charge in [0.15, 0.2) is 6.61 Å². The maximum absolute atomic E-state index is 13.1. The van der Waals surface area contributed by atoms with Gasteiger partial charge in [0.05, 0.1) is 28.7 Å². The molecule has 0 fully saturated rings. The third kappa shape index (κ3) is 9.27. The average Bonchev–Trinajstić information content (AvgIpc) is 2.90. The third-order valence-electron chi connectivity index (χ3n) is 5.22. The maximum atomic E-state index is 13.1. The van der Waals surface area contributed by atoms with E-state index in [-0.39, 0.29) is 17.5 Å². The van der Waals surface area contributed by atoms with Gasteiger partial charge in [-0.1, -0.05) is 41.9 Å². The van der Waals surface area contributed by atoms with Crippen molar-refractivity contribution in [2.45, 2.75) is 12.7 Å². The van der Waals surface area contributed by atoms with E-state index in [1.165, 1.54) is 6.21 Å². The van der Waals surface area contributed by atoms with Gasteiger partial charge in [-0.2, -0.15) is 18.3 Å². The second-order valence-electron chi connectivity index (χ2n) is 8.35. The monoisotopic (exact) mass is 596 g/mol. The van der Waals surface area contributed by atoms with Gasteiger partial charge >= 0.3 is 6.18 Å². The van der Waals surface area contributed by atoms with E-state index in [1.807, 2.05) is 30.3 Å². The Morgan fingerprint density at radius 3 is 2.33 bits per heavy atom. The first-order valence-electron chi connectivity index (χ1n) is 11.5. The lowest BCUT2D eigenvalue weighted by molar-refractivity contribution is -0.137. The Bertz CT molecular complexity index is 1470. The molecule has 0 saturated heterocycles. The van der Waals surface area contributed by atoms with Crippen LogP contribution in [0.3, 0.4) is 0 Å². The van der Waals surface area contributed by atoms with Crippen LogP contribution in [0.1, 0.15) is 16.7 Å². The molecule has 0 spiro atoms. The van der Waals surface area contributed by atoms with Gasteiger partial charge in [-0.15, -0.1) is 0 Å². The van der Waals surface area contributed by atoms with Gasteiger partial charge in [-0.05, 0) is 53.6 Å². The van der Waals surface area contributed by atoms with Crippen molar-refractivity contribution in [3.05, 3.63) is 94.5 Å². The number of amides is 2. The molecule has 0 aromatic heterocycles. The zero-order chi connectivity index (χ0) is 29.3. The topological polar surface area (TPSA) is 117 Å². The second kappa shape index (κ2) is 13.3. The fraction of sp³-hybridized carbons (Fsp3) is 0.192. The Morgan fingerprint density at radius 2 is 1.70 bits per heavy atom. The fourth-order valence-electron chi connectivity index (χ4n) is 3.25. The number of hydrogen-bond acceptors (Lipinski definition) is 6. The summed E-state index contributed by atoms with van der Waals surface area (Å²) < 4.78 is 69.7. The van der Waals surface area contributed by atoms with Crippen molar-refractivity contribution in [3.8, 4) is 5.75 Å². The van der Waals surface area contributed by atoms with Gasteiger partial charge in [0.2, 0.25) is 10.0 Å². The molecule has 3 aromatic carbocycles. The van der Waals surface area contributed by atoms with E-state index in [2.05, 4.69) is 15.8 Å². The molecule has 40 heavy (non-hydrogen) atoms. The minimum atomic E-state index is -4.75. The number of hydrazone groups is 1. The zero-order valence-electron chi connectivity index (χ0n) is 21.0. The van der Waals surface area contributed by atoms with Gasteiger partial charge < -0.3 is 10.1 Å². The third-order valence-corrected chi connectivity index (χ3v) is 6.66. The van der Waals surface area contributed by atoms with Crippen molar-refractivity contribution in [2.75, 3.05) is 23.7 Å². The summed E-state index contributed by atoms with van der Waals surface area (Å²) in [4.78, 5) is 24.3. The molecule has 0 saturated carbocycles. The van der Waals surface area contributed by atoms with Crippen LogP contribution in [0.5, 0.6) is 5.75 Å². The van der Waals surface area contributed by atoms with E-state index in [1.54, 1.807) is 24.3 Å². The molecule has 0 heterocycles. The predicted molar refractivity (Wildman–Crippen MR) is 145 cm³/mol. The normalized spacial score (nSPS) is 11.7. The highest BCUT2D eigenvalue weighted by Crippen LogP contribution is 2.36. The predicted octanol–water partition coefficient (Wildman–Crippen LogP) is 3.97. The van der Waals surface area contributed by atoms with Crippen molar-refractivity contribution >= 4 is 45.3 Å². The number of nitrogens with one attached hydrogen (secondary N) is 2. The summed E-state index contributed by atoms with van der Waals surface area (Å²) in [5.74, 6) is -0.804. The molecule has 0 unspecified atom stereocenters. The second-order valence-corrected chi connectivity index (χ2v) is 10.7. The molecule has 0 bridgehead atoms. The molecule has 14 heteroatoms. The minimum Gasteiger partial charge on any atom is -0.484 e. The molecule has 9 nitrogen and oxygen atoms in total. The highest BCUT2D eigenvalue weighted by molar-refractivity contribution is 7.92. The summed E-state index contributed by atoms with van der Waals surface area (Å²) in [6, 6.07) is 17.9. The summed E-state index contributed by atoms with van der Waals surface area (Å²) in [6.45, 7) is -0.682. The van der Waals surface area contributed by atoms with Crippen molar-refractivity contribution in [3.63, 3.8) is 0 Å². The molecule has 0 aliphatic heterocycles. The minimum absolute atomic E-state index is 0.191. The number of sulfonamides is 1. The molecule has 0 aliphatic carbocycles. The molecular formula is C26H24ClF3N4O5S. The van der Waals surface area contributed by atoms with E-state index < -0.39 is 39.9 Å². The number of ether oxygens (including phenoxy) is 1. The first-order chi connectivity index (χ1) is 18.8. The summed E-state index contributed by atoms with van der Waals surface area (Å²) in [6.07, 6.45) is -2.75. The van der Waals surface area contributed by atoms with E-state index in [0.29, 0.717) is 34.3 Å². The van der Waals surface area contributed by atoms with Crippen LogP contribution in [-0.2, 0) is 32.3 Å². The van der Waals surface area contributed by atoms with Crippen LogP contribution in [0, 0.1) is 0 Å². The molecule has 3 aromatic rings. The van der Waals surface area contributed by atoms with Crippen molar-refractivity contribution in [2.24, 2.45) is 5.10 Å². The smallest absolute Gasteiger partial charge is 0.416 e. The molecule has 0 aliphatic rings. The summed E-state index contributed by atoms with van der Waals surface area (Å²) in [5.41, 5.74) is 1.98. The number of benzene rings is 3. The number of carbonyl (C=O) groups excluding carboxylic acids is 2. The summed E-state index contributed by atoms with van der Waals surface area (Å²) in [7, 11) is -4.18. The molecule has 0 radical (unpaired) electrons. The lowest BCUT2D eigenvalue weighted by atomic mass is 10.2. The lowest BCUT2D eigenvalue weighted by Crippen LogP contribution is -2.39. The maximum Gasteiger partial charge on any atom is 0.416 e. The molecule has 2 amide bonds. The molecular weight excluding hydrogens is 573 g/mol. The number of halogens is 4. The van der Waals surface area contributed by atoms with Crippen LogP contribution in [0.4, 0.5) is 18.9 Å². The largest absolute Gasteiger partial charge is 0.484 e. The van der Waals surface area contributed by atoms with Crippen LogP contribution in [0.2, 0.25) is 5.02 Å². The Kier molecular flexibility index (Phi) is 10.1. The van der Waals surface area contributed by atoms with Crippen LogP contribution in [0.25, 0.3) is 0 Å². The Hall–Kier alpha value is -4.10. The van der Waals surface area contributed by atoms with E-state index in [9.17, 15) is 31.2 Å². The first-order valence-corrected chi connectivity index (χ1v) is 13.8. The number of hydrogen-bond donors (Lipinski definition) is 2. The zero-order valence-corrected chi connectivity index (χ0v) is 22.6. The Labute approximate surface area is 233 Å². The van der Waals surface area contributed by atoms with Crippen LogP contribution < -0.4 is 19.8 Å². The molecule has 0 atom stereocenters. The summed E-state index contributed by atoms with van der Waals surface area (Å²) in [5, 5.41) is 6.20. The molecule has 3 rings (SSSR count). The number of rotatable bonds is 11. The quantitative estimate of drug-likeness (QED) is 0.257. The van der Waals surface area contributed by atoms with Crippen molar-refractivity contribution < 1.29 is 35.9 Å². The van der Waals surface area contributed by atoms with Crippen molar-refractivity contribution in [1.82, 2.24) is 10.7 Å². The number of nitrogens with zero attached hydrogens (tertiary/aromatic N) is 2. The van der Waals surface area contributed by atoms with E-state index >= 15 is 0 Å². The van der Waals surface area contributed by atoms with Crippen LogP contribution >= 0.6 is 11.6 Å². The Morgan fingerprint density at radius 1 is 1.02 bits per heavy atom. The highest BCUT2D eigenvalue weighted by Gasteiger charge is 2.33. The highest BCUT2D eigenvalue weighted by atomic mass is 35.5. The van der Waals surface area contributed by atoms with Gasteiger partial charge in [-0.25, -0.2) is 13.8 Å². The van der Waals surface area contributed by atoms with Gasteiger partial charge in [0.1, 0.15) is 12.3 Å². The Balaban J connectivity index is 1.54. The fourth-order valence-corrected chi connectivity index (χ4v) is 4.38. The number of carbonyl (C=O) groups is 2. The SMILES string of the molecule is CS(=O)(=O)N(CC(=O)N/N=C/c1ccc(OCC(=O)NCc2ccccc2)cc1)c1cc(C(F)(F)F)ccc1Cl. The van der Waals surface area contributed by atoms with Crippen molar-refractivity contribution in [1.29, 1.82) is 0 Å². The standard InChI is InChI=1S/C26H24ClF3N4O5S/c1-40(37,38)34(23-13-20(26(28,29)30)9-12-22(23)27)16-24(35)33-32-15-19-7-10-21(11-8-19)39-17-25(36)31-14-18-5-3-2-4-6-18/h2-13,15H,14,16-17H2,1H3,(H,31,36)(H,33,35)/b32-15+. The number of alkyl halides is 3. The van der Waals surface area contributed by atoms with Gasteiger partial charge in [0, 0.05) is 6.54 Å². The lowest BCUT2D eigenvalue weighted by Gasteiger charge is -2.23. The van der Waals surface area contributed by atoms with E-state index in [0.717, 1.165) is 17.9 Å².